The molecule has 0 spiro atoms. The molecule has 38 heavy (non-hydrogen) atoms. The van der Waals surface area contributed by atoms with E-state index in [1.807, 2.05) is 48.5 Å². The zero-order valence-corrected chi connectivity index (χ0v) is 22.3. The number of anilines is 1. The monoisotopic (exact) mass is 525 g/mol. The molecular formula is C30H31N5O2S. The van der Waals surface area contributed by atoms with Crippen molar-refractivity contribution in [1.29, 1.82) is 0 Å². The first-order chi connectivity index (χ1) is 18.6. The van der Waals surface area contributed by atoms with Gasteiger partial charge in [-0.3, -0.25) is 9.69 Å². The number of aromatic nitrogens is 3. The number of amides is 1. The van der Waals surface area contributed by atoms with Crippen LogP contribution in [0.1, 0.15) is 24.2 Å². The number of imidazole rings is 1. The Kier molecular flexibility index (Phi) is 7.07. The first-order valence-electron chi connectivity index (χ1n) is 13.1. The van der Waals surface area contributed by atoms with E-state index in [-0.39, 0.29) is 5.91 Å². The Labute approximate surface area is 226 Å². The summed E-state index contributed by atoms with van der Waals surface area (Å²) >= 11 is 1.53. The lowest BCUT2D eigenvalue weighted by atomic mass is 9.96. The van der Waals surface area contributed by atoms with Crippen molar-refractivity contribution in [2.45, 2.75) is 32.9 Å². The SMILES string of the molecule is Cc1ccc2nc(NC(=O)CN3CCC(Cn4c(COc5ccccc5)nc5ccccc54)CC3)sc2c1. The van der Waals surface area contributed by atoms with Gasteiger partial charge in [-0.25, -0.2) is 9.97 Å². The summed E-state index contributed by atoms with van der Waals surface area (Å²) in [5, 5.41) is 3.67. The molecule has 0 unspecified atom stereocenters. The summed E-state index contributed by atoms with van der Waals surface area (Å²) < 4.78 is 9.46. The van der Waals surface area contributed by atoms with Crippen molar-refractivity contribution in [2.24, 2.45) is 5.92 Å². The van der Waals surface area contributed by atoms with E-state index in [9.17, 15) is 4.79 Å². The molecule has 1 N–H and O–H groups in total. The number of aryl methyl sites for hydroxylation is 1. The number of nitrogens with one attached hydrogen (secondary N) is 1. The van der Waals surface area contributed by atoms with Crippen LogP contribution >= 0.6 is 11.3 Å². The van der Waals surface area contributed by atoms with Crippen molar-refractivity contribution in [3.05, 3.63) is 84.2 Å². The summed E-state index contributed by atoms with van der Waals surface area (Å²) in [6.45, 7) is 5.60. The lowest BCUT2D eigenvalue weighted by molar-refractivity contribution is -0.117. The largest absolute Gasteiger partial charge is 0.486 e. The fraction of sp³-hybridized carbons (Fsp3) is 0.300. The number of nitrogens with zero attached hydrogens (tertiary/aromatic N) is 4. The van der Waals surface area contributed by atoms with Crippen molar-refractivity contribution in [1.82, 2.24) is 19.4 Å². The molecule has 1 fully saturated rings. The number of rotatable bonds is 8. The molecule has 0 aliphatic carbocycles. The minimum absolute atomic E-state index is 0.000165. The van der Waals surface area contributed by atoms with Crippen LogP contribution in [0.2, 0.25) is 0 Å². The quantitative estimate of drug-likeness (QED) is 0.274. The Hall–Kier alpha value is -3.75. The predicted octanol–water partition coefficient (Wildman–Crippen LogP) is 5.88. The van der Waals surface area contributed by atoms with E-state index in [1.165, 1.54) is 16.9 Å². The lowest BCUT2D eigenvalue weighted by Crippen LogP contribution is -2.40. The third-order valence-electron chi connectivity index (χ3n) is 7.15. The number of fused-ring (bicyclic) bond motifs is 2. The number of benzene rings is 3. The number of thiazole rings is 1. The number of para-hydroxylation sites is 3. The van der Waals surface area contributed by atoms with E-state index in [4.69, 9.17) is 9.72 Å². The Bertz CT molecular complexity index is 1550. The van der Waals surface area contributed by atoms with Gasteiger partial charge in [-0.1, -0.05) is 47.7 Å². The van der Waals surface area contributed by atoms with Crippen LogP contribution in [0.3, 0.4) is 0 Å². The van der Waals surface area contributed by atoms with Gasteiger partial charge in [0.15, 0.2) is 5.13 Å². The average molecular weight is 526 g/mol. The van der Waals surface area contributed by atoms with E-state index in [0.29, 0.717) is 24.2 Å². The zero-order valence-electron chi connectivity index (χ0n) is 21.5. The molecule has 1 aliphatic heterocycles. The van der Waals surface area contributed by atoms with E-state index >= 15 is 0 Å². The molecule has 2 aromatic heterocycles. The number of hydrogen-bond acceptors (Lipinski definition) is 6. The number of carbonyl (C=O) groups is 1. The summed E-state index contributed by atoms with van der Waals surface area (Å²) in [6.07, 6.45) is 2.08. The van der Waals surface area contributed by atoms with Crippen LogP contribution in [0.5, 0.6) is 5.75 Å². The maximum atomic E-state index is 12.7. The molecule has 0 bridgehead atoms. The third-order valence-corrected chi connectivity index (χ3v) is 8.08. The van der Waals surface area contributed by atoms with Gasteiger partial charge in [0.25, 0.3) is 0 Å². The van der Waals surface area contributed by atoms with Gasteiger partial charge in [-0.2, -0.15) is 0 Å². The first kappa shape index (κ1) is 24.6. The number of likely N-dealkylation sites (tertiary alicyclic amines) is 1. The lowest BCUT2D eigenvalue weighted by Gasteiger charge is -2.31. The van der Waals surface area contributed by atoms with E-state index in [0.717, 1.165) is 65.3 Å². The zero-order chi connectivity index (χ0) is 25.9. The summed E-state index contributed by atoms with van der Waals surface area (Å²) in [7, 11) is 0. The van der Waals surface area contributed by atoms with Crippen LogP contribution in [0, 0.1) is 12.8 Å². The van der Waals surface area contributed by atoms with Gasteiger partial charge < -0.3 is 14.6 Å². The fourth-order valence-corrected chi connectivity index (χ4v) is 6.12. The average Bonchev–Trinajstić information content (AvgIpc) is 3.49. The van der Waals surface area contributed by atoms with Crippen molar-refractivity contribution < 1.29 is 9.53 Å². The highest BCUT2D eigenvalue weighted by atomic mass is 32.1. The molecule has 3 aromatic carbocycles. The number of carbonyl (C=O) groups excluding carboxylic acids is 1. The number of hydrogen-bond donors (Lipinski definition) is 1. The Morgan fingerprint density at radius 1 is 1.00 bits per heavy atom. The molecule has 0 atom stereocenters. The van der Waals surface area contributed by atoms with Gasteiger partial charge in [-0.15, -0.1) is 0 Å². The molecule has 6 rings (SSSR count). The topological polar surface area (TPSA) is 72.3 Å². The molecule has 0 saturated carbocycles. The smallest absolute Gasteiger partial charge is 0.240 e. The van der Waals surface area contributed by atoms with Crippen LogP contribution < -0.4 is 10.1 Å². The van der Waals surface area contributed by atoms with Crippen LogP contribution in [-0.4, -0.2) is 45.0 Å². The maximum Gasteiger partial charge on any atom is 0.240 e. The van der Waals surface area contributed by atoms with Crippen LogP contribution in [0.25, 0.3) is 21.3 Å². The standard InChI is InChI=1S/C30H31N5O2S/c1-21-11-12-25-27(17-21)38-30(32-25)33-29(36)19-34-15-13-22(14-16-34)18-35-26-10-6-5-9-24(26)31-28(35)20-37-23-7-3-2-4-8-23/h2-12,17,22H,13-16,18-20H2,1H3,(H,32,33,36). The number of ether oxygens (including phenoxy) is 1. The third kappa shape index (κ3) is 5.56. The van der Waals surface area contributed by atoms with Gasteiger partial charge in [-0.05, 0) is 80.7 Å². The Morgan fingerprint density at radius 2 is 1.79 bits per heavy atom. The normalized spacial score (nSPS) is 14.8. The second-order valence-electron chi connectivity index (χ2n) is 9.99. The second kappa shape index (κ2) is 10.9. The summed E-state index contributed by atoms with van der Waals surface area (Å²) in [5.74, 6) is 2.32. The molecule has 8 heteroatoms. The minimum atomic E-state index is 0.000165. The fourth-order valence-electron chi connectivity index (χ4n) is 5.14. The van der Waals surface area contributed by atoms with Gasteiger partial charge in [0.1, 0.15) is 18.2 Å². The molecule has 3 heterocycles. The van der Waals surface area contributed by atoms with Gasteiger partial charge in [0, 0.05) is 6.54 Å². The summed E-state index contributed by atoms with van der Waals surface area (Å²) in [4.78, 5) is 24.4. The van der Waals surface area contributed by atoms with Crippen LogP contribution in [0.15, 0.2) is 72.8 Å². The summed E-state index contributed by atoms with van der Waals surface area (Å²) in [5.41, 5.74) is 4.27. The Morgan fingerprint density at radius 3 is 2.63 bits per heavy atom. The van der Waals surface area contributed by atoms with Gasteiger partial charge >= 0.3 is 0 Å². The molecule has 1 aliphatic rings. The van der Waals surface area contributed by atoms with Crippen LogP contribution in [-0.2, 0) is 17.9 Å². The van der Waals surface area contributed by atoms with Gasteiger partial charge in [0.2, 0.25) is 5.91 Å². The van der Waals surface area contributed by atoms with Crippen molar-refractivity contribution >= 4 is 43.6 Å². The molecule has 0 radical (unpaired) electrons. The van der Waals surface area contributed by atoms with E-state index < -0.39 is 0 Å². The molecule has 1 amide bonds. The summed E-state index contributed by atoms with van der Waals surface area (Å²) in [6, 6.07) is 24.3. The highest BCUT2D eigenvalue weighted by Crippen LogP contribution is 2.27. The molecular weight excluding hydrogens is 494 g/mol. The highest BCUT2D eigenvalue weighted by Gasteiger charge is 2.23. The van der Waals surface area contributed by atoms with Crippen molar-refractivity contribution in [2.75, 3.05) is 25.0 Å². The second-order valence-corrected chi connectivity index (χ2v) is 11.0. The molecule has 1 saturated heterocycles. The molecule has 5 aromatic rings. The van der Waals surface area contributed by atoms with E-state index in [1.54, 1.807) is 0 Å². The Balaban J connectivity index is 1.05. The predicted molar refractivity (Wildman–Crippen MR) is 153 cm³/mol. The molecule has 194 valence electrons. The van der Waals surface area contributed by atoms with Crippen molar-refractivity contribution in [3.63, 3.8) is 0 Å². The highest BCUT2D eigenvalue weighted by molar-refractivity contribution is 7.22. The van der Waals surface area contributed by atoms with Gasteiger partial charge in [0.05, 0.1) is 27.8 Å². The minimum Gasteiger partial charge on any atom is -0.486 e. The number of piperidine rings is 1. The van der Waals surface area contributed by atoms with E-state index in [2.05, 4.69) is 51.0 Å². The first-order valence-corrected chi connectivity index (χ1v) is 13.9. The van der Waals surface area contributed by atoms with Crippen molar-refractivity contribution in [3.8, 4) is 5.75 Å². The maximum absolute atomic E-state index is 12.7. The van der Waals surface area contributed by atoms with Crippen LogP contribution in [0.4, 0.5) is 5.13 Å². The molecule has 7 nitrogen and oxygen atoms in total.